The molecule has 4 nitrogen and oxygen atoms in total. The summed E-state index contributed by atoms with van der Waals surface area (Å²) in [6.07, 6.45) is 9.46. The number of hydrogen-bond acceptors (Lipinski definition) is 2. The molecule has 5 heteroatoms. The predicted octanol–water partition coefficient (Wildman–Crippen LogP) is 7.45. The summed E-state index contributed by atoms with van der Waals surface area (Å²) in [5.74, 6) is -0.272. The van der Waals surface area contributed by atoms with Crippen molar-refractivity contribution in [2.75, 3.05) is 0 Å². The number of hydrogen-bond donors (Lipinski definition) is 2. The molecule has 0 bridgehead atoms. The summed E-state index contributed by atoms with van der Waals surface area (Å²) in [6, 6.07) is 14.9. The first kappa shape index (κ1) is 20.6. The van der Waals surface area contributed by atoms with Crippen molar-refractivity contribution in [1.82, 2.24) is 20.2 Å². The van der Waals surface area contributed by atoms with Gasteiger partial charge in [0.1, 0.15) is 11.5 Å². The van der Waals surface area contributed by atoms with Gasteiger partial charge in [0.2, 0.25) is 0 Å². The standard InChI is InChI=1S/C28H23FN4/c1-4-7-17(3)21(5-2)19-10-11-25-23(13-19)28(33-32-25)26-14-22-24(15-30-16-27(22)31-26)18-8-6-9-20(29)12-18/h4-16,31H,1H2,2-3H3,(H,32,33)/b17-7-,21-5+. The number of aromatic amines is 2. The minimum atomic E-state index is -0.272. The van der Waals surface area contributed by atoms with Gasteiger partial charge in [-0.2, -0.15) is 5.10 Å². The Hall–Kier alpha value is -4.25. The molecule has 0 aliphatic rings. The van der Waals surface area contributed by atoms with E-state index >= 15 is 0 Å². The zero-order chi connectivity index (χ0) is 22.9. The van der Waals surface area contributed by atoms with Gasteiger partial charge >= 0.3 is 0 Å². The molecular formula is C28H23FN4. The third-order valence-electron chi connectivity index (χ3n) is 5.89. The summed E-state index contributed by atoms with van der Waals surface area (Å²) in [6.45, 7) is 7.93. The number of halogens is 1. The van der Waals surface area contributed by atoms with Gasteiger partial charge in [0.05, 0.1) is 22.9 Å². The van der Waals surface area contributed by atoms with Gasteiger partial charge < -0.3 is 4.98 Å². The van der Waals surface area contributed by atoms with E-state index in [0.717, 1.165) is 61.0 Å². The smallest absolute Gasteiger partial charge is 0.123 e. The molecule has 0 aliphatic heterocycles. The summed E-state index contributed by atoms with van der Waals surface area (Å²) >= 11 is 0. The van der Waals surface area contributed by atoms with Gasteiger partial charge in [0.25, 0.3) is 0 Å². The van der Waals surface area contributed by atoms with Crippen LogP contribution in [0.3, 0.4) is 0 Å². The zero-order valence-electron chi connectivity index (χ0n) is 18.5. The van der Waals surface area contributed by atoms with E-state index in [1.54, 1.807) is 24.5 Å². The second-order valence-corrected chi connectivity index (χ2v) is 7.96. The van der Waals surface area contributed by atoms with E-state index in [4.69, 9.17) is 0 Å². The summed E-state index contributed by atoms with van der Waals surface area (Å²) in [5.41, 5.74) is 8.60. The Balaban J connectivity index is 1.65. The second-order valence-electron chi connectivity index (χ2n) is 7.96. The van der Waals surface area contributed by atoms with Crippen LogP contribution < -0.4 is 0 Å². The Kier molecular flexibility index (Phi) is 5.23. The molecule has 0 saturated heterocycles. The van der Waals surface area contributed by atoms with Crippen LogP contribution in [0, 0.1) is 5.82 Å². The van der Waals surface area contributed by atoms with E-state index in [1.165, 1.54) is 12.1 Å². The third kappa shape index (κ3) is 3.68. The monoisotopic (exact) mass is 434 g/mol. The molecule has 0 saturated carbocycles. The molecule has 2 aromatic carbocycles. The number of aromatic nitrogens is 4. The van der Waals surface area contributed by atoms with Crippen molar-refractivity contribution < 1.29 is 4.39 Å². The average Bonchev–Trinajstić information content (AvgIpc) is 3.43. The fourth-order valence-corrected chi connectivity index (χ4v) is 4.34. The number of allylic oxidation sites excluding steroid dienone is 5. The van der Waals surface area contributed by atoms with Crippen LogP contribution in [0.15, 0.2) is 91.3 Å². The summed E-state index contributed by atoms with van der Waals surface area (Å²) in [5, 5.41) is 9.72. The summed E-state index contributed by atoms with van der Waals surface area (Å²) in [7, 11) is 0. The first-order valence-corrected chi connectivity index (χ1v) is 10.8. The van der Waals surface area contributed by atoms with Gasteiger partial charge in [0, 0.05) is 22.5 Å². The predicted molar refractivity (Wildman–Crippen MR) is 134 cm³/mol. The lowest BCUT2D eigenvalue weighted by Crippen LogP contribution is -1.87. The van der Waals surface area contributed by atoms with Crippen LogP contribution in [0.2, 0.25) is 0 Å². The molecule has 0 aliphatic carbocycles. The Morgan fingerprint density at radius 2 is 1.91 bits per heavy atom. The molecule has 33 heavy (non-hydrogen) atoms. The Labute approximate surface area is 191 Å². The van der Waals surface area contributed by atoms with Crippen LogP contribution in [0.4, 0.5) is 4.39 Å². The highest BCUT2D eigenvalue weighted by atomic mass is 19.1. The van der Waals surface area contributed by atoms with Crippen LogP contribution >= 0.6 is 0 Å². The van der Waals surface area contributed by atoms with Gasteiger partial charge in [-0.05, 0) is 66.5 Å². The highest BCUT2D eigenvalue weighted by Crippen LogP contribution is 2.35. The second kappa shape index (κ2) is 8.36. The van der Waals surface area contributed by atoms with Crippen LogP contribution in [0.25, 0.3) is 49.9 Å². The fourth-order valence-electron chi connectivity index (χ4n) is 4.34. The molecule has 0 fully saturated rings. The number of benzene rings is 2. The van der Waals surface area contributed by atoms with E-state index in [9.17, 15) is 4.39 Å². The van der Waals surface area contributed by atoms with E-state index in [0.29, 0.717) is 0 Å². The van der Waals surface area contributed by atoms with Gasteiger partial charge in [0.15, 0.2) is 0 Å². The van der Waals surface area contributed by atoms with Crippen LogP contribution in [-0.2, 0) is 0 Å². The maximum absolute atomic E-state index is 13.8. The molecule has 5 aromatic rings. The normalized spacial score (nSPS) is 12.6. The number of rotatable bonds is 5. The lowest BCUT2D eigenvalue weighted by Gasteiger charge is -2.08. The van der Waals surface area contributed by atoms with E-state index < -0.39 is 0 Å². The first-order valence-electron chi connectivity index (χ1n) is 10.8. The van der Waals surface area contributed by atoms with Crippen molar-refractivity contribution in [3.63, 3.8) is 0 Å². The third-order valence-corrected chi connectivity index (χ3v) is 5.89. The minimum Gasteiger partial charge on any atom is -0.352 e. The maximum Gasteiger partial charge on any atom is 0.123 e. The Bertz CT molecular complexity index is 1570. The molecule has 3 heterocycles. The highest BCUT2D eigenvalue weighted by molar-refractivity contribution is 6.01. The molecule has 0 radical (unpaired) electrons. The van der Waals surface area contributed by atoms with E-state index in [1.807, 2.05) is 25.1 Å². The SMILES string of the molecule is C=C/C=C(C)\C(=C/C)c1ccc2[nH]nc(-c3cc4c(-c5cccc(F)c5)cncc4[nH]3)c2c1. The fraction of sp³-hybridized carbons (Fsp3) is 0.0714. The topological polar surface area (TPSA) is 57.4 Å². The van der Waals surface area contributed by atoms with E-state index in [2.05, 4.69) is 57.9 Å². The molecule has 0 unspecified atom stereocenters. The molecule has 162 valence electrons. The quantitative estimate of drug-likeness (QED) is 0.282. The largest absolute Gasteiger partial charge is 0.352 e. The van der Waals surface area contributed by atoms with Crippen molar-refractivity contribution in [2.45, 2.75) is 13.8 Å². The maximum atomic E-state index is 13.8. The molecule has 0 atom stereocenters. The summed E-state index contributed by atoms with van der Waals surface area (Å²) in [4.78, 5) is 7.80. The van der Waals surface area contributed by atoms with Crippen molar-refractivity contribution >= 4 is 27.4 Å². The zero-order valence-corrected chi connectivity index (χ0v) is 18.5. The number of H-pyrrole nitrogens is 2. The van der Waals surface area contributed by atoms with Crippen molar-refractivity contribution in [3.8, 4) is 22.5 Å². The van der Waals surface area contributed by atoms with Gasteiger partial charge in [-0.3, -0.25) is 10.1 Å². The lowest BCUT2D eigenvalue weighted by molar-refractivity contribution is 0.628. The van der Waals surface area contributed by atoms with Gasteiger partial charge in [-0.25, -0.2) is 4.39 Å². The number of nitrogens with one attached hydrogen (secondary N) is 2. The molecule has 0 spiro atoms. The molecule has 5 rings (SSSR count). The van der Waals surface area contributed by atoms with Crippen LogP contribution in [0.5, 0.6) is 0 Å². The molecular weight excluding hydrogens is 411 g/mol. The highest BCUT2D eigenvalue weighted by Gasteiger charge is 2.15. The van der Waals surface area contributed by atoms with Gasteiger partial charge in [-0.1, -0.05) is 43.0 Å². The molecule has 3 aromatic heterocycles. The Morgan fingerprint density at radius 1 is 1.03 bits per heavy atom. The van der Waals surface area contributed by atoms with Crippen LogP contribution in [0.1, 0.15) is 19.4 Å². The average molecular weight is 435 g/mol. The van der Waals surface area contributed by atoms with Crippen molar-refractivity contribution in [1.29, 1.82) is 0 Å². The molecule has 2 N–H and O–H groups in total. The first-order chi connectivity index (χ1) is 16.1. The Morgan fingerprint density at radius 3 is 2.70 bits per heavy atom. The number of nitrogens with zero attached hydrogens (tertiary/aromatic N) is 2. The number of pyridine rings is 1. The lowest BCUT2D eigenvalue weighted by atomic mass is 9.96. The summed E-state index contributed by atoms with van der Waals surface area (Å²) < 4.78 is 13.8. The van der Waals surface area contributed by atoms with Gasteiger partial charge in [-0.15, -0.1) is 0 Å². The van der Waals surface area contributed by atoms with Crippen molar-refractivity contribution in [2.24, 2.45) is 0 Å². The molecule has 0 amide bonds. The minimum absolute atomic E-state index is 0.272. The van der Waals surface area contributed by atoms with Crippen molar-refractivity contribution in [3.05, 3.63) is 103 Å². The number of fused-ring (bicyclic) bond motifs is 2. The van der Waals surface area contributed by atoms with Crippen LogP contribution in [-0.4, -0.2) is 20.2 Å². The van der Waals surface area contributed by atoms with E-state index in [-0.39, 0.29) is 5.82 Å².